The number of hydrogen-bond acceptors (Lipinski definition) is 7. The highest BCUT2D eigenvalue weighted by atomic mass is 32.2. The maximum absolute atomic E-state index is 13.6. The van der Waals surface area contributed by atoms with Crippen LogP contribution in [0.1, 0.15) is 58.9 Å². The van der Waals surface area contributed by atoms with Gasteiger partial charge in [-0.2, -0.15) is 5.10 Å². The van der Waals surface area contributed by atoms with Crippen molar-refractivity contribution in [3.05, 3.63) is 53.1 Å². The van der Waals surface area contributed by atoms with E-state index in [1.54, 1.807) is 25.1 Å². The smallest absolute Gasteiger partial charge is 0.205 e. The molecule has 0 saturated heterocycles. The molecule has 33 heavy (non-hydrogen) atoms. The van der Waals surface area contributed by atoms with Crippen LogP contribution in [0.3, 0.4) is 0 Å². The van der Waals surface area contributed by atoms with Crippen LogP contribution >= 0.6 is 0 Å². The SMILES string of the molecule is Cc1nc2n(n1)N=C(C(C)(C)C)C2=N[N-]c1[n-]nc(C(C)(C)C)c1S(=O)(=O)c1ccccc1. The summed E-state index contributed by atoms with van der Waals surface area (Å²) in [6.07, 6.45) is 0. The molecule has 174 valence electrons. The average Bonchev–Trinajstić information content (AvgIpc) is 3.38. The van der Waals surface area contributed by atoms with Crippen LogP contribution in [0.4, 0.5) is 5.82 Å². The topological polar surface area (TPSA) is 131 Å². The summed E-state index contributed by atoms with van der Waals surface area (Å²) in [5.41, 5.74) is 4.72. The van der Waals surface area contributed by atoms with Crippen LogP contribution in [0.15, 0.2) is 50.3 Å². The lowest BCUT2D eigenvalue weighted by Crippen LogP contribution is -2.27. The fourth-order valence-electron chi connectivity index (χ4n) is 3.38. The van der Waals surface area contributed by atoms with Crippen molar-refractivity contribution >= 4 is 27.1 Å². The molecule has 1 aliphatic heterocycles. The summed E-state index contributed by atoms with van der Waals surface area (Å²) in [4.78, 5) is 5.92. The molecule has 1 aromatic carbocycles. The minimum absolute atomic E-state index is 0.0459. The third-order valence-electron chi connectivity index (χ3n) is 4.98. The van der Waals surface area contributed by atoms with E-state index in [1.165, 1.54) is 16.9 Å². The quantitative estimate of drug-likeness (QED) is 0.538. The van der Waals surface area contributed by atoms with Gasteiger partial charge < -0.3 is 20.7 Å². The first kappa shape index (κ1) is 22.8. The third-order valence-corrected chi connectivity index (χ3v) is 6.78. The van der Waals surface area contributed by atoms with Crippen LogP contribution in [-0.4, -0.2) is 39.8 Å². The molecule has 0 aliphatic carbocycles. The van der Waals surface area contributed by atoms with E-state index in [-0.39, 0.29) is 21.0 Å². The van der Waals surface area contributed by atoms with Crippen molar-refractivity contribution in [3.8, 4) is 0 Å². The van der Waals surface area contributed by atoms with Gasteiger partial charge >= 0.3 is 0 Å². The van der Waals surface area contributed by atoms with E-state index >= 15 is 0 Å². The highest BCUT2D eigenvalue weighted by Gasteiger charge is 2.33. The molecule has 3 aromatic rings. The molecule has 0 fully saturated rings. The first-order valence-corrected chi connectivity index (χ1v) is 11.9. The number of aromatic nitrogens is 5. The molecule has 10 nitrogen and oxygen atoms in total. The van der Waals surface area contributed by atoms with Crippen LogP contribution in [0.2, 0.25) is 0 Å². The second-order valence-corrected chi connectivity index (χ2v) is 11.8. The number of nitrogens with zero attached hydrogens (tertiary/aromatic N) is 8. The van der Waals surface area contributed by atoms with Gasteiger partial charge in [0.25, 0.3) is 0 Å². The van der Waals surface area contributed by atoms with Crippen LogP contribution in [0.5, 0.6) is 0 Å². The summed E-state index contributed by atoms with van der Waals surface area (Å²) in [5.74, 6) is 0.924. The van der Waals surface area contributed by atoms with Gasteiger partial charge in [0.2, 0.25) is 15.7 Å². The number of hydrogen-bond donors (Lipinski definition) is 0. The van der Waals surface area contributed by atoms with Gasteiger partial charge in [0.15, 0.2) is 5.82 Å². The summed E-state index contributed by atoms with van der Waals surface area (Å²) in [6, 6.07) is 8.18. The molecule has 4 rings (SSSR count). The monoisotopic (exact) mass is 466 g/mol. The Morgan fingerprint density at radius 2 is 1.70 bits per heavy atom. The van der Waals surface area contributed by atoms with Crippen LogP contribution in [-0.2, 0) is 15.3 Å². The van der Waals surface area contributed by atoms with E-state index in [0.29, 0.717) is 28.8 Å². The average molecular weight is 467 g/mol. The number of sulfone groups is 1. The van der Waals surface area contributed by atoms with Crippen LogP contribution in [0, 0.1) is 12.3 Å². The zero-order valence-corrected chi connectivity index (χ0v) is 20.5. The van der Waals surface area contributed by atoms with E-state index in [9.17, 15) is 8.42 Å². The number of rotatable bonds is 4. The molecule has 3 heterocycles. The lowest BCUT2D eigenvalue weighted by molar-refractivity contribution is 0.545. The Labute approximate surface area is 193 Å². The third kappa shape index (κ3) is 4.08. The molecule has 0 spiro atoms. The molecule has 0 atom stereocenters. The molecule has 0 N–H and O–H groups in total. The zero-order valence-electron chi connectivity index (χ0n) is 19.7. The fourth-order valence-corrected chi connectivity index (χ4v) is 5.05. The van der Waals surface area contributed by atoms with Crippen molar-refractivity contribution in [3.63, 3.8) is 0 Å². The Morgan fingerprint density at radius 3 is 2.30 bits per heavy atom. The van der Waals surface area contributed by atoms with Crippen LogP contribution < -0.4 is 5.10 Å². The van der Waals surface area contributed by atoms with E-state index in [0.717, 1.165) is 0 Å². The minimum atomic E-state index is -3.94. The predicted molar refractivity (Wildman–Crippen MR) is 125 cm³/mol. The van der Waals surface area contributed by atoms with Gasteiger partial charge in [-0.25, -0.2) is 19.2 Å². The first-order chi connectivity index (χ1) is 15.3. The zero-order chi connectivity index (χ0) is 24.2. The Bertz CT molecular complexity index is 1370. The molecule has 0 amide bonds. The van der Waals surface area contributed by atoms with Crippen LogP contribution in [0.25, 0.3) is 5.43 Å². The second-order valence-electron chi connectivity index (χ2n) is 9.89. The molecular weight excluding hydrogens is 440 g/mol. The summed E-state index contributed by atoms with van der Waals surface area (Å²) in [6.45, 7) is 13.4. The molecule has 2 aromatic heterocycles. The van der Waals surface area contributed by atoms with Crippen molar-refractivity contribution in [1.29, 1.82) is 0 Å². The van der Waals surface area contributed by atoms with Gasteiger partial charge in [-0.05, 0) is 19.1 Å². The minimum Gasteiger partial charge on any atom is -0.593 e. The van der Waals surface area contributed by atoms with Crippen molar-refractivity contribution in [2.75, 3.05) is 0 Å². The van der Waals surface area contributed by atoms with Gasteiger partial charge in [0.1, 0.15) is 5.71 Å². The van der Waals surface area contributed by atoms with Crippen molar-refractivity contribution in [2.24, 2.45) is 15.6 Å². The summed E-state index contributed by atoms with van der Waals surface area (Å²) < 4.78 is 27.1. The summed E-state index contributed by atoms with van der Waals surface area (Å²) in [7, 11) is -3.94. The van der Waals surface area contributed by atoms with Crippen molar-refractivity contribution < 1.29 is 8.42 Å². The standard InChI is InChI=1S/C22H26N8O2S/c1-13-23-20-15(17(21(2,3)4)29-30(20)28-13)24-26-19-16(18(25-27-19)22(5,6)7)33(31,32)14-11-9-8-10-12-14/h8-12H,1-7H3/q-2. The molecular formula is C22H26N8O2S-2. The maximum Gasteiger partial charge on any atom is 0.205 e. The largest absolute Gasteiger partial charge is 0.593 e. The van der Waals surface area contributed by atoms with Gasteiger partial charge in [-0.1, -0.05) is 59.7 Å². The Morgan fingerprint density at radius 1 is 1.03 bits per heavy atom. The second kappa shape index (κ2) is 7.62. The maximum atomic E-state index is 13.6. The normalized spacial score (nSPS) is 15.6. The Kier molecular flexibility index (Phi) is 5.27. The van der Waals surface area contributed by atoms with Gasteiger partial charge in [0.05, 0.1) is 15.5 Å². The molecule has 0 unspecified atom stereocenters. The predicted octanol–water partition coefficient (Wildman–Crippen LogP) is 3.74. The fraction of sp³-hybridized carbons (Fsp3) is 0.409. The molecule has 1 aliphatic rings. The van der Waals surface area contributed by atoms with E-state index in [4.69, 9.17) is 0 Å². The summed E-state index contributed by atoms with van der Waals surface area (Å²) in [5, 5.41) is 21.4. The van der Waals surface area contributed by atoms with Gasteiger partial charge in [-0.3, -0.25) is 0 Å². The highest BCUT2D eigenvalue weighted by molar-refractivity contribution is 7.91. The number of aryl methyl sites for hydroxylation is 1. The lowest BCUT2D eigenvalue weighted by atomic mass is 9.87. The van der Waals surface area contributed by atoms with E-state index in [2.05, 4.69) is 35.9 Å². The van der Waals surface area contributed by atoms with Gasteiger partial charge in [0, 0.05) is 16.5 Å². The molecule has 0 bridgehead atoms. The number of fused-ring (bicyclic) bond motifs is 1. The molecule has 11 heteroatoms. The number of benzene rings is 1. The Balaban J connectivity index is 1.84. The summed E-state index contributed by atoms with van der Waals surface area (Å²) >= 11 is 0. The molecule has 0 saturated carbocycles. The van der Waals surface area contributed by atoms with Crippen molar-refractivity contribution in [2.45, 2.75) is 63.7 Å². The van der Waals surface area contributed by atoms with Crippen molar-refractivity contribution in [1.82, 2.24) is 25.1 Å². The first-order valence-electron chi connectivity index (χ1n) is 10.5. The molecule has 0 radical (unpaired) electrons. The lowest BCUT2D eigenvalue weighted by Gasteiger charge is -2.27. The highest BCUT2D eigenvalue weighted by Crippen LogP contribution is 2.38. The van der Waals surface area contributed by atoms with E-state index < -0.39 is 15.3 Å². The Hall–Kier alpha value is -3.34. The van der Waals surface area contributed by atoms with Gasteiger partial charge in [-0.15, -0.1) is 9.89 Å². The van der Waals surface area contributed by atoms with E-state index in [1.807, 2.05) is 41.5 Å².